The average Bonchev–Trinajstić information content (AvgIpc) is 2.42. The van der Waals surface area contributed by atoms with Crippen molar-refractivity contribution in [2.75, 3.05) is 10.6 Å². The van der Waals surface area contributed by atoms with E-state index in [4.69, 9.17) is 23.2 Å². The minimum absolute atomic E-state index is 0.00191. The van der Waals surface area contributed by atoms with Gasteiger partial charge in [0.1, 0.15) is 0 Å². The Labute approximate surface area is 148 Å². The van der Waals surface area contributed by atoms with Gasteiger partial charge in [-0.2, -0.15) is 29.9 Å². The summed E-state index contributed by atoms with van der Waals surface area (Å²) in [6, 6.07) is 0.250. The molecule has 2 aromatic rings. The van der Waals surface area contributed by atoms with Crippen LogP contribution in [0.1, 0.15) is 27.7 Å². The maximum absolute atomic E-state index is 5.85. The van der Waals surface area contributed by atoms with Gasteiger partial charge in [-0.3, -0.25) is 0 Å². The number of anilines is 2. The van der Waals surface area contributed by atoms with Crippen molar-refractivity contribution in [1.29, 1.82) is 0 Å². The van der Waals surface area contributed by atoms with Crippen LogP contribution in [0.2, 0.25) is 10.6 Å². The van der Waals surface area contributed by atoms with Gasteiger partial charge in [0.05, 0.1) is 0 Å². The third kappa shape index (κ3) is 5.78. The summed E-state index contributed by atoms with van der Waals surface area (Å²) >= 11 is 11.7. The molecule has 24 heavy (non-hydrogen) atoms. The van der Waals surface area contributed by atoms with Gasteiger partial charge in [0, 0.05) is 12.1 Å². The average molecular weight is 371 g/mol. The summed E-state index contributed by atoms with van der Waals surface area (Å²) in [7, 11) is 0. The lowest BCUT2D eigenvalue weighted by Crippen LogP contribution is -2.13. The normalized spacial score (nSPS) is 11.5. The van der Waals surface area contributed by atoms with Crippen molar-refractivity contribution in [1.82, 2.24) is 29.9 Å². The van der Waals surface area contributed by atoms with Crippen LogP contribution in [0.15, 0.2) is 10.2 Å². The van der Waals surface area contributed by atoms with Crippen LogP contribution >= 0.6 is 23.2 Å². The first-order valence-corrected chi connectivity index (χ1v) is 7.85. The standard InChI is InChI=1S/C12H16Cl2N10/c1-5(2)15-9-17-7(13)19-11(21-9)23-24-12-20-8(14)18-10(22-12)16-6(3)4/h5-6H,1-4H3,(H,15,17,19,21)(H,16,18,20,22)/b24-23-. The second kappa shape index (κ2) is 8.06. The molecule has 0 saturated carbocycles. The van der Waals surface area contributed by atoms with Crippen LogP contribution in [0.3, 0.4) is 0 Å². The molecule has 0 aliphatic heterocycles. The number of nitrogens with zero attached hydrogens (tertiary/aromatic N) is 8. The molecule has 0 bridgehead atoms. The quantitative estimate of drug-likeness (QED) is 0.740. The zero-order valence-corrected chi connectivity index (χ0v) is 15.0. The fraction of sp³-hybridized carbons (Fsp3) is 0.500. The molecule has 0 aliphatic carbocycles. The number of hydrogen-bond donors (Lipinski definition) is 2. The molecular weight excluding hydrogens is 355 g/mol. The summed E-state index contributed by atoms with van der Waals surface area (Å²) < 4.78 is 0. The van der Waals surface area contributed by atoms with Crippen LogP contribution < -0.4 is 10.6 Å². The number of rotatable bonds is 6. The van der Waals surface area contributed by atoms with Crippen molar-refractivity contribution in [2.24, 2.45) is 10.2 Å². The van der Waals surface area contributed by atoms with Gasteiger partial charge >= 0.3 is 0 Å². The molecule has 2 heterocycles. The molecule has 12 heteroatoms. The van der Waals surface area contributed by atoms with Crippen LogP contribution in [0, 0.1) is 0 Å². The van der Waals surface area contributed by atoms with E-state index in [2.05, 4.69) is 50.8 Å². The number of nitrogens with one attached hydrogen (secondary N) is 2. The first-order valence-electron chi connectivity index (χ1n) is 7.10. The molecule has 0 spiro atoms. The molecule has 128 valence electrons. The molecule has 0 fully saturated rings. The van der Waals surface area contributed by atoms with Crippen LogP contribution in [0.5, 0.6) is 0 Å². The van der Waals surface area contributed by atoms with Gasteiger partial charge in [0.2, 0.25) is 22.5 Å². The van der Waals surface area contributed by atoms with Crippen molar-refractivity contribution in [3.8, 4) is 0 Å². The number of azo groups is 1. The lowest BCUT2D eigenvalue weighted by Gasteiger charge is -2.08. The topological polar surface area (TPSA) is 126 Å². The fourth-order valence-electron chi connectivity index (χ4n) is 1.50. The van der Waals surface area contributed by atoms with E-state index in [-0.39, 0.29) is 34.5 Å². The molecule has 2 rings (SSSR count). The first kappa shape index (κ1) is 18.1. The van der Waals surface area contributed by atoms with E-state index in [1.165, 1.54) is 0 Å². The van der Waals surface area contributed by atoms with Crippen molar-refractivity contribution in [3.05, 3.63) is 10.6 Å². The number of aromatic nitrogens is 6. The van der Waals surface area contributed by atoms with Gasteiger partial charge in [-0.15, -0.1) is 10.2 Å². The van der Waals surface area contributed by atoms with Gasteiger partial charge in [-0.1, -0.05) is 0 Å². The van der Waals surface area contributed by atoms with Crippen LogP contribution in [0.4, 0.5) is 23.8 Å². The maximum Gasteiger partial charge on any atom is 0.275 e. The molecule has 10 nitrogen and oxygen atoms in total. The monoisotopic (exact) mass is 370 g/mol. The predicted molar refractivity (Wildman–Crippen MR) is 91.4 cm³/mol. The Hall–Kier alpha value is -2.20. The zero-order chi connectivity index (χ0) is 17.7. The third-order valence-corrected chi connectivity index (χ3v) is 2.60. The van der Waals surface area contributed by atoms with E-state index < -0.39 is 0 Å². The molecule has 0 unspecified atom stereocenters. The van der Waals surface area contributed by atoms with Crippen molar-refractivity contribution < 1.29 is 0 Å². The largest absolute Gasteiger partial charge is 0.352 e. The van der Waals surface area contributed by atoms with E-state index in [0.29, 0.717) is 11.9 Å². The van der Waals surface area contributed by atoms with Crippen LogP contribution in [-0.2, 0) is 0 Å². The summed E-state index contributed by atoms with van der Waals surface area (Å²) in [5.74, 6) is 0.644. The minimum Gasteiger partial charge on any atom is -0.352 e. The van der Waals surface area contributed by atoms with Crippen molar-refractivity contribution in [2.45, 2.75) is 39.8 Å². The van der Waals surface area contributed by atoms with Crippen LogP contribution in [0.25, 0.3) is 0 Å². The maximum atomic E-state index is 5.85. The summed E-state index contributed by atoms with van der Waals surface area (Å²) in [5.41, 5.74) is 0. The smallest absolute Gasteiger partial charge is 0.275 e. The van der Waals surface area contributed by atoms with Crippen molar-refractivity contribution >= 4 is 47.0 Å². The van der Waals surface area contributed by atoms with Gasteiger partial charge in [0.15, 0.2) is 0 Å². The van der Waals surface area contributed by atoms with Crippen LogP contribution in [-0.4, -0.2) is 42.0 Å². The summed E-state index contributed by atoms with van der Waals surface area (Å²) in [4.78, 5) is 23.8. The Bertz CT molecular complexity index is 672. The van der Waals surface area contributed by atoms with E-state index in [0.717, 1.165) is 0 Å². The highest BCUT2D eigenvalue weighted by molar-refractivity contribution is 6.28. The van der Waals surface area contributed by atoms with Gasteiger partial charge in [0.25, 0.3) is 11.9 Å². The van der Waals surface area contributed by atoms with Gasteiger partial charge in [-0.25, -0.2) is 0 Å². The second-order valence-corrected chi connectivity index (χ2v) is 5.93. The molecule has 0 atom stereocenters. The lowest BCUT2D eigenvalue weighted by molar-refractivity contribution is 0.857. The molecule has 2 aromatic heterocycles. The number of halogens is 2. The van der Waals surface area contributed by atoms with E-state index in [9.17, 15) is 0 Å². The predicted octanol–water partition coefficient (Wildman–Crippen LogP) is 3.42. The highest BCUT2D eigenvalue weighted by Crippen LogP contribution is 2.17. The highest BCUT2D eigenvalue weighted by atomic mass is 35.5. The Morgan fingerprint density at radius 3 is 1.38 bits per heavy atom. The molecule has 0 radical (unpaired) electrons. The molecule has 2 N–H and O–H groups in total. The first-order chi connectivity index (χ1) is 11.3. The second-order valence-electron chi connectivity index (χ2n) is 5.25. The molecule has 0 saturated heterocycles. The third-order valence-electron chi connectivity index (χ3n) is 2.26. The number of hydrogen-bond acceptors (Lipinski definition) is 10. The minimum atomic E-state index is -0.00191. The highest BCUT2D eigenvalue weighted by Gasteiger charge is 2.08. The van der Waals surface area contributed by atoms with Gasteiger partial charge < -0.3 is 10.6 Å². The summed E-state index contributed by atoms with van der Waals surface area (Å²) in [6.07, 6.45) is 0. The van der Waals surface area contributed by atoms with E-state index in [1.807, 2.05) is 27.7 Å². The lowest BCUT2D eigenvalue weighted by atomic mass is 10.4. The Balaban J connectivity index is 2.24. The summed E-state index contributed by atoms with van der Waals surface area (Å²) in [6.45, 7) is 7.76. The molecular formula is C12H16Cl2N10. The van der Waals surface area contributed by atoms with Gasteiger partial charge in [-0.05, 0) is 50.9 Å². The van der Waals surface area contributed by atoms with Crippen molar-refractivity contribution in [3.63, 3.8) is 0 Å². The van der Waals surface area contributed by atoms with E-state index >= 15 is 0 Å². The zero-order valence-electron chi connectivity index (χ0n) is 13.5. The Kier molecular flexibility index (Phi) is 6.10. The fourth-order valence-corrected chi connectivity index (χ4v) is 1.81. The SMILES string of the molecule is CC(C)Nc1nc(Cl)nc(/N=N\c2nc(Cl)nc(NC(C)C)n2)n1. The summed E-state index contributed by atoms with van der Waals surface area (Å²) in [5, 5.41) is 13.7. The Morgan fingerprint density at radius 1 is 0.667 bits per heavy atom. The molecule has 0 aromatic carbocycles. The van der Waals surface area contributed by atoms with E-state index in [1.54, 1.807) is 0 Å². The molecule has 0 amide bonds. The molecule has 0 aliphatic rings. The Morgan fingerprint density at radius 2 is 1.04 bits per heavy atom.